The molecular weight excluding hydrogens is 486 g/mol. The van der Waals surface area contributed by atoms with Gasteiger partial charge >= 0.3 is 0 Å². The Balaban J connectivity index is 1.38. The van der Waals surface area contributed by atoms with Crippen LogP contribution in [-0.2, 0) is 24.2 Å². The van der Waals surface area contributed by atoms with E-state index in [1.54, 1.807) is 6.20 Å². The molecule has 1 amide bonds. The zero-order valence-corrected chi connectivity index (χ0v) is 21.9. The minimum absolute atomic E-state index is 0.00679. The molecule has 3 aromatic heterocycles. The normalized spacial score (nSPS) is 14.9. The lowest BCUT2D eigenvalue weighted by atomic mass is 9.96. The predicted molar refractivity (Wildman–Crippen MR) is 151 cm³/mol. The standard InChI is InChI=1S/C31H33N7O/c39-31(23-13-16-32-17-14-23)35-28(19-24-20-34-27-12-5-4-11-26(24)27)30-37-36-29(18-22-8-2-1-3-9-22)38(30)21-25-10-6-7-15-33-25/h1-12,15,20,23,28,32,34H,13-14,16-19,21H2,(H,35,39)/t28-/m1/s1. The Kier molecular flexibility index (Phi) is 7.45. The number of fused-ring (bicyclic) bond motifs is 1. The van der Waals surface area contributed by atoms with Crippen molar-refractivity contribution in [3.8, 4) is 0 Å². The van der Waals surface area contributed by atoms with Crippen LogP contribution < -0.4 is 10.6 Å². The number of H-pyrrole nitrogens is 1. The number of hydrogen-bond donors (Lipinski definition) is 3. The molecule has 198 valence electrons. The van der Waals surface area contributed by atoms with Gasteiger partial charge in [0.2, 0.25) is 5.91 Å². The molecule has 0 aliphatic carbocycles. The van der Waals surface area contributed by atoms with Crippen molar-refractivity contribution in [3.05, 3.63) is 114 Å². The Morgan fingerprint density at radius 3 is 2.59 bits per heavy atom. The third-order valence-corrected chi connectivity index (χ3v) is 7.54. The van der Waals surface area contributed by atoms with Gasteiger partial charge in [-0.3, -0.25) is 9.78 Å². The summed E-state index contributed by atoms with van der Waals surface area (Å²) >= 11 is 0. The van der Waals surface area contributed by atoms with Crippen molar-refractivity contribution in [2.24, 2.45) is 5.92 Å². The lowest BCUT2D eigenvalue weighted by Gasteiger charge is -2.25. The summed E-state index contributed by atoms with van der Waals surface area (Å²) in [5.41, 5.74) is 4.29. The van der Waals surface area contributed by atoms with Crippen molar-refractivity contribution in [1.82, 2.24) is 35.4 Å². The van der Waals surface area contributed by atoms with Crippen molar-refractivity contribution in [2.45, 2.75) is 38.3 Å². The molecule has 8 nitrogen and oxygen atoms in total. The number of piperidine rings is 1. The van der Waals surface area contributed by atoms with E-state index in [1.807, 2.05) is 54.7 Å². The first kappa shape index (κ1) is 25.0. The molecule has 3 N–H and O–H groups in total. The summed E-state index contributed by atoms with van der Waals surface area (Å²) in [6.45, 7) is 2.25. The van der Waals surface area contributed by atoms with Crippen molar-refractivity contribution < 1.29 is 4.79 Å². The van der Waals surface area contributed by atoms with Gasteiger partial charge in [-0.2, -0.15) is 0 Å². The lowest BCUT2D eigenvalue weighted by molar-refractivity contribution is -0.126. The molecule has 1 fully saturated rings. The first-order valence-corrected chi connectivity index (χ1v) is 13.7. The van der Waals surface area contributed by atoms with E-state index >= 15 is 0 Å². The predicted octanol–water partition coefficient (Wildman–Crippen LogP) is 4.19. The number of aromatic nitrogens is 5. The Labute approximate surface area is 227 Å². The fraction of sp³-hybridized carbons (Fsp3) is 0.290. The largest absolute Gasteiger partial charge is 0.361 e. The number of benzene rings is 2. The maximum Gasteiger partial charge on any atom is 0.223 e. The summed E-state index contributed by atoms with van der Waals surface area (Å²) < 4.78 is 2.14. The average Bonchev–Trinajstić information content (AvgIpc) is 3.58. The number of para-hydroxylation sites is 1. The monoisotopic (exact) mass is 519 g/mol. The molecule has 1 aliphatic rings. The van der Waals surface area contributed by atoms with Gasteiger partial charge in [0.05, 0.1) is 18.3 Å². The molecule has 5 aromatic rings. The van der Waals surface area contributed by atoms with Crippen LogP contribution in [0.25, 0.3) is 10.9 Å². The highest BCUT2D eigenvalue weighted by atomic mass is 16.2. The number of hydrogen-bond acceptors (Lipinski definition) is 5. The highest BCUT2D eigenvalue weighted by molar-refractivity contribution is 5.83. The molecular formula is C31H33N7O. The van der Waals surface area contributed by atoms with Crippen LogP contribution in [0, 0.1) is 5.92 Å². The van der Waals surface area contributed by atoms with Crippen molar-refractivity contribution in [1.29, 1.82) is 0 Å². The number of nitrogens with one attached hydrogen (secondary N) is 3. The number of rotatable bonds is 9. The Bertz CT molecular complexity index is 1520. The van der Waals surface area contributed by atoms with Gasteiger partial charge in [-0.25, -0.2) is 0 Å². The number of pyridine rings is 1. The number of nitrogens with zero attached hydrogens (tertiary/aromatic N) is 4. The molecule has 0 radical (unpaired) electrons. The SMILES string of the molecule is O=C(N[C@H](Cc1c[nH]c2ccccc12)c1nnc(Cc2ccccc2)n1Cc1ccccn1)C1CCNCC1. The quantitative estimate of drug-likeness (QED) is 0.271. The van der Waals surface area contributed by atoms with Gasteiger partial charge in [-0.1, -0.05) is 54.6 Å². The van der Waals surface area contributed by atoms with E-state index in [-0.39, 0.29) is 17.9 Å². The fourth-order valence-electron chi connectivity index (χ4n) is 5.44. The van der Waals surface area contributed by atoms with Crippen molar-refractivity contribution in [2.75, 3.05) is 13.1 Å². The van der Waals surface area contributed by atoms with Gasteiger partial charge in [-0.05, 0) is 55.3 Å². The van der Waals surface area contributed by atoms with Crippen LogP contribution in [-0.4, -0.2) is 43.7 Å². The molecule has 0 unspecified atom stereocenters. The number of amides is 1. The first-order valence-electron chi connectivity index (χ1n) is 13.7. The molecule has 8 heteroatoms. The Hall–Kier alpha value is -4.30. The van der Waals surface area contributed by atoms with E-state index in [1.165, 1.54) is 0 Å². The molecule has 1 aliphatic heterocycles. The molecule has 0 saturated carbocycles. The van der Waals surface area contributed by atoms with Crippen LogP contribution in [0.3, 0.4) is 0 Å². The van der Waals surface area contributed by atoms with Crippen molar-refractivity contribution >= 4 is 16.8 Å². The molecule has 2 aromatic carbocycles. The van der Waals surface area contributed by atoms with Crippen LogP contribution in [0.2, 0.25) is 0 Å². The molecule has 0 spiro atoms. The molecule has 39 heavy (non-hydrogen) atoms. The fourth-order valence-corrected chi connectivity index (χ4v) is 5.44. The second-order valence-corrected chi connectivity index (χ2v) is 10.2. The van der Waals surface area contributed by atoms with Gasteiger partial charge in [0.25, 0.3) is 0 Å². The van der Waals surface area contributed by atoms with E-state index in [4.69, 9.17) is 5.10 Å². The summed E-state index contributed by atoms with van der Waals surface area (Å²) in [6, 6.07) is 24.1. The topological polar surface area (TPSA) is 101 Å². The molecule has 0 bridgehead atoms. The highest BCUT2D eigenvalue weighted by Gasteiger charge is 2.28. The minimum atomic E-state index is -0.340. The zero-order valence-electron chi connectivity index (χ0n) is 21.9. The van der Waals surface area contributed by atoms with Crippen LogP contribution in [0.5, 0.6) is 0 Å². The van der Waals surface area contributed by atoms with Crippen molar-refractivity contribution in [3.63, 3.8) is 0 Å². The zero-order chi connectivity index (χ0) is 26.4. The van der Waals surface area contributed by atoms with Crippen LogP contribution in [0.1, 0.15) is 47.4 Å². The second-order valence-electron chi connectivity index (χ2n) is 10.2. The third kappa shape index (κ3) is 5.76. The van der Waals surface area contributed by atoms with Gasteiger partial charge in [0.1, 0.15) is 5.82 Å². The molecule has 1 atom stereocenters. The Morgan fingerprint density at radius 1 is 0.974 bits per heavy atom. The Morgan fingerprint density at radius 2 is 1.77 bits per heavy atom. The third-order valence-electron chi connectivity index (χ3n) is 7.54. The number of aromatic amines is 1. The first-order chi connectivity index (χ1) is 19.2. The lowest BCUT2D eigenvalue weighted by Crippen LogP contribution is -2.41. The second kappa shape index (κ2) is 11.6. The van der Waals surface area contributed by atoms with E-state index in [2.05, 4.69) is 54.5 Å². The van der Waals surface area contributed by atoms with Gasteiger partial charge < -0.3 is 20.2 Å². The summed E-state index contributed by atoms with van der Waals surface area (Å²) in [6.07, 6.45) is 6.77. The van der Waals surface area contributed by atoms with E-state index in [0.717, 1.165) is 65.3 Å². The average molecular weight is 520 g/mol. The highest BCUT2D eigenvalue weighted by Crippen LogP contribution is 2.26. The summed E-state index contributed by atoms with van der Waals surface area (Å²) in [7, 11) is 0. The molecule has 4 heterocycles. The van der Waals surface area contributed by atoms with Gasteiger partial charge in [0, 0.05) is 42.1 Å². The van der Waals surface area contributed by atoms with Crippen LogP contribution in [0.15, 0.2) is 85.2 Å². The summed E-state index contributed by atoms with van der Waals surface area (Å²) in [5, 5.41) is 17.3. The van der Waals surface area contributed by atoms with Gasteiger partial charge in [0.15, 0.2) is 5.82 Å². The number of carbonyl (C=O) groups excluding carboxylic acids is 1. The van der Waals surface area contributed by atoms with E-state index < -0.39 is 0 Å². The molecule has 6 rings (SSSR count). The number of carbonyl (C=O) groups is 1. The maximum absolute atomic E-state index is 13.5. The minimum Gasteiger partial charge on any atom is -0.361 e. The maximum atomic E-state index is 13.5. The summed E-state index contributed by atoms with van der Waals surface area (Å²) in [4.78, 5) is 21.5. The molecule has 1 saturated heterocycles. The van der Waals surface area contributed by atoms with E-state index in [0.29, 0.717) is 19.4 Å². The van der Waals surface area contributed by atoms with Crippen LogP contribution in [0.4, 0.5) is 0 Å². The van der Waals surface area contributed by atoms with E-state index in [9.17, 15) is 4.79 Å². The van der Waals surface area contributed by atoms with Crippen LogP contribution >= 0.6 is 0 Å². The smallest absolute Gasteiger partial charge is 0.223 e. The van der Waals surface area contributed by atoms with Gasteiger partial charge in [-0.15, -0.1) is 10.2 Å². The summed E-state index contributed by atoms with van der Waals surface area (Å²) in [5.74, 6) is 1.67.